The Morgan fingerprint density at radius 2 is 1.65 bits per heavy atom. The summed E-state index contributed by atoms with van der Waals surface area (Å²) in [5.41, 5.74) is 3.25. The number of ether oxygens (including phenoxy) is 2. The molecule has 1 atom stereocenters. The van der Waals surface area contributed by atoms with Gasteiger partial charge in [0.15, 0.2) is 6.61 Å². The Kier molecular flexibility index (Phi) is 5.63. The van der Waals surface area contributed by atoms with Crippen molar-refractivity contribution in [1.29, 1.82) is 0 Å². The lowest BCUT2D eigenvalue weighted by molar-refractivity contribution is -0.123. The number of hydrogen-bond acceptors (Lipinski definition) is 3. The van der Waals surface area contributed by atoms with Crippen molar-refractivity contribution in [3.05, 3.63) is 59.2 Å². The molecule has 0 unspecified atom stereocenters. The summed E-state index contributed by atoms with van der Waals surface area (Å²) in [7, 11) is 1.63. The molecule has 0 aliphatic carbocycles. The Hall–Kier alpha value is -2.49. The molecule has 0 saturated carbocycles. The molecule has 2 aromatic rings. The second kappa shape index (κ2) is 7.68. The first kappa shape index (κ1) is 16.9. The van der Waals surface area contributed by atoms with Crippen LogP contribution in [0, 0.1) is 13.8 Å². The molecular weight excluding hydrogens is 290 g/mol. The summed E-state index contributed by atoms with van der Waals surface area (Å²) in [6.07, 6.45) is 0. The van der Waals surface area contributed by atoms with Gasteiger partial charge in [-0.25, -0.2) is 0 Å². The van der Waals surface area contributed by atoms with Gasteiger partial charge >= 0.3 is 0 Å². The second-order valence-corrected chi connectivity index (χ2v) is 5.67. The number of aryl methyl sites for hydroxylation is 2. The van der Waals surface area contributed by atoms with Gasteiger partial charge in [0.2, 0.25) is 0 Å². The molecule has 0 aliphatic heterocycles. The highest BCUT2D eigenvalue weighted by Gasteiger charge is 2.10. The minimum atomic E-state index is -0.146. The van der Waals surface area contributed by atoms with Crippen molar-refractivity contribution in [3.63, 3.8) is 0 Å². The molecule has 0 fully saturated rings. The third-order valence-corrected chi connectivity index (χ3v) is 3.56. The molecule has 4 nitrogen and oxygen atoms in total. The van der Waals surface area contributed by atoms with Crippen molar-refractivity contribution in [2.24, 2.45) is 0 Å². The highest BCUT2D eigenvalue weighted by Crippen LogP contribution is 2.18. The lowest BCUT2D eigenvalue weighted by Gasteiger charge is -2.15. The lowest BCUT2D eigenvalue weighted by Crippen LogP contribution is -2.31. The Bertz CT molecular complexity index is 645. The molecule has 1 amide bonds. The van der Waals surface area contributed by atoms with Gasteiger partial charge in [0.05, 0.1) is 13.2 Å². The average molecular weight is 313 g/mol. The number of carbonyl (C=O) groups is 1. The third kappa shape index (κ3) is 5.02. The molecule has 23 heavy (non-hydrogen) atoms. The van der Waals surface area contributed by atoms with Crippen molar-refractivity contribution in [2.75, 3.05) is 13.7 Å². The zero-order valence-corrected chi connectivity index (χ0v) is 14.1. The zero-order chi connectivity index (χ0) is 16.8. The van der Waals surface area contributed by atoms with Crippen molar-refractivity contribution in [3.8, 4) is 11.5 Å². The number of carbonyl (C=O) groups excluding carboxylic acids is 1. The Morgan fingerprint density at radius 1 is 1.04 bits per heavy atom. The minimum Gasteiger partial charge on any atom is -0.497 e. The molecule has 0 aromatic heterocycles. The second-order valence-electron chi connectivity index (χ2n) is 5.67. The largest absolute Gasteiger partial charge is 0.497 e. The molecule has 0 bridgehead atoms. The molecule has 0 spiro atoms. The van der Waals surface area contributed by atoms with Crippen LogP contribution in [0.2, 0.25) is 0 Å². The number of methoxy groups -OCH3 is 1. The third-order valence-electron chi connectivity index (χ3n) is 3.56. The first-order chi connectivity index (χ1) is 11.0. The number of benzene rings is 2. The molecule has 0 heterocycles. The molecule has 2 aromatic carbocycles. The highest BCUT2D eigenvalue weighted by atomic mass is 16.5. The molecule has 1 N–H and O–H groups in total. The van der Waals surface area contributed by atoms with E-state index in [0.29, 0.717) is 0 Å². The minimum absolute atomic E-state index is 0.00336. The highest BCUT2D eigenvalue weighted by molar-refractivity contribution is 5.78. The van der Waals surface area contributed by atoms with Gasteiger partial charge in [-0.15, -0.1) is 0 Å². The van der Waals surface area contributed by atoms with E-state index in [-0.39, 0.29) is 18.6 Å². The smallest absolute Gasteiger partial charge is 0.258 e. The Morgan fingerprint density at radius 3 is 2.22 bits per heavy atom. The van der Waals surface area contributed by atoms with E-state index in [1.165, 1.54) is 0 Å². The molecule has 122 valence electrons. The maximum atomic E-state index is 12.0. The maximum Gasteiger partial charge on any atom is 0.258 e. The quantitative estimate of drug-likeness (QED) is 0.887. The van der Waals surface area contributed by atoms with Crippen LogP contribution in [0.4, 0.5) is 0 Å². The van der Waals surface area contributed by atoms with E-state index >= 15 is 0 Å². The summed E-state index contributed by atoms with van der Waals surface area (Å²) in [4.78, 5) is 12.0. The Balaban J connectivity index is 1.88. The van der Waals surface area contributed by atoms with Gasteiger partial charge < -0.3 is 14.8 Å². The summed E-state index contributed by atoms with van der Waals surface area (Å²) in [6, 6.07) is 13.5. The van der Waals surface area contributed by atoms with Gasteiger partial charge in [-0.1, -0.05) is 18.2 Å². The van der Waals surface area contributed by atoms with Gasteiger partial charge in [0.1, 0.15) is 11.5 Å². The average Bonchev–Trinajstić information content (AvgIpc) is 2.52. The van der Waals surface area contributed by atoms with E-state index in [1.54, 1.807) is 7.11 Å². The van der Waals surface area contributed by atoms with E-state index in [9.17, 15) is 4.79 Å². The van der Waals surface area contributed by atoms with Crippen molar-refractivity contribution >= 4 is 5.91 Å². The summed E-state index contributed by atoms with van der Waals surface area (Å²) in [5.74, 6) is 1.37. The molecule has 0 radical (unpaired) electrons. The fraction of sp³-hybridized carbons (Fsp3) is 0.316. The summed E-state index contributed by atoms with van der Waals surface area (Å²) < 4.78 is 10.7. The van der Waals surface area contributed by atoms with Crippen LogP contribution < -0.4 is 14.8 Å². The SMILES string of the molecule is COc1ccc([C@@H](C)NC(=O)COc2cc(C)cc(C)c2)cc1. The molecule has 4 heteroatoms. The molecule has 2 rings (SSSR count). The maximum absolute atomic E-state index is 12.0. The first-order valence-corrected chi connectivity index (χ1v) is 7.62. The van der Waals surface area contributed by atoms with Crippen molar-refractivity contribution < 1.29 is 14.3 Å². The first-order valence-electron chi connectivity index (χ1n) is 7.62. The van der Waals surface area contributed by atoms with Gasteiger partial charge in [-0.05, 0) is 61.7 Å². The van der Waals surface area contributed by atoms with Gasteiger partial charge in [0, 0.05) is 0 Å². The number of hydrogen-bond donors (Lipinski definition) is 1. The van der Waals surface area contributed by atoms with Gasteiger partial charge in [-0.2, -0.15) is 0 Å². The summed E-state index contributed by atoms with van der Waals surface area (Å²) >= 11 is 0. The lowest BCUT2D eigenvalue weighted by atomic mass is 10.1. The molecule has 0 aliphatic rings. The van der Waals surface area contributed by atoms with Crippen LogP contribution in [-0.2, 0) is 4.79 Å². The zero-order valence-electron chi connectivity index (χ0n) is 14.1. The fourth-order valence-electron chi connectivity index (χ4n) is 2.42. The normalized spacial score (nSPS) is 11.7. The molecule has 0 saturated heterocycles. The monoisotopic (exact) mass is 313 g/mol. The van der Waals surface area contributed by atoms with Crippen LogP contribution >= 0.6 is 0 Å². The van der Waals surface area contributed by atoms with Crippen LogP contribution in [0.3, 0.4) is 0 Å². The van der Waals surface area contributed by atoms with E-state index in [2.05, 4.69) is 11.4 Å². The predicted octanol–water partition coefficient (Wildman–Crippen LogP) is 3.57. The fourth-order valence-corrected chi connectivity index (χ4v) is 2.42. The van der Waals surface area contributed by atoms with E-state index < -0.39 is 0 Å². The predicted molar refractivity (Wildman–Crippen MR) is 91.0 cm³/mol. The van der Waals surface area contributed by atoms with Gasteiger partial charge in [-0.3, -0.25) is 4.79 Å². The van der Waals surface area contributed by atoms with Crippen molar-refractivity contribution in [1.82, 2.24) is 5.32 Å². The van der Waals surface area contributed by atoms with E-state index in [1.807, 2.05) is 57.2 Å². The topological polar surface area (TPSA) is 47.6 Å². The number of rotatable bonds is 6. The summed E-state index contributed by atoms with van der Waals surface area (Å²) in [5, 5.41) is 2.93. The van der Waals surface area contributed by atoms with Gasteiger partial charge in [0.25, 0.3) is 5.91 Å². The van der Waals surface area contributed by atoms with Crippen LogP contribution in [0.1, 0.15) is 29.7 Å². The van der Waals surface area contributed by atoms with E-state index in [0.717, 1.165) is 28.2 Å². The molecular formula is C19H23NO3. The van der Waals surface area contributed by atoms with E-state index in [4.69, 9.17) is 9.47 Å². The van der Waals surface area contributed by atoms with Crippen LogP contribution in [-0.4, -0.2) is 19.6 Å². The van der Waals surface area contributed by atoms with Crippen LogP contribution in [0.15, 0.2) is 42.5 Å². The standard InChI is InChI=1S/C19H23NO3/c1-13-9-14(2)11-18(10-13)23-12-19(21)20-15(3)16-5-7-17(22-4)8-6-16/h5-11,15H,12H2,1-4H3,(H,20,21)/t15-/m1/s1. The number of amides is 1. The summed E-state index contributed by atoms with van der Waals surface area (Å²) in [6.45, 7) is 5.96. The van der Waals surface area contributed by atoms with Crippen molar-refractivity contribution in [2.45, 2.75) is 26.8 Å². The number of nitrogens with one attached hydrogen (secondary N) is 1. The Labute approximate surface area is 137 Å². The van der Waals surface area contributed by atoms with Crippen LogP contribution in [0.5, 0.6) is 11.5 Å². The van der Waals surface area contributed by atoms with Crippen LogP contribution in [0.25, 0.3) is 0 Å².